The summed E-state index contributed by atoms with van der Waals surface area (Å²) >= 11 is 0. The monoisotopic (exact) mass is 358 g/mol. The summed E-state index contributed by atoms with van der Waals surface area (Å²) in [5.41, 5.74) is 3.17. The fraction of sp³-hybridized carbons (Fsp3) is 0.727. The van der Waals surface area contributed by atoms with Gasteiger partial charge in [-0.05, 0) is 64.0 Å². The molecule has 2 heterocycles. The molecule has 0 unspecified atom stereocenters. The van der Waals surface area contributed by atoms with Gasteiger partial charge in [-0.1, -0.05) is 24.3 Å². The molecule has 1 aromatic rings. The van der Waals surface area contributed by atoms with Gasteiger partial charge in [0.25, 0.3) is 0 Å². The Morgan fingerprint density at radius 1 is 0.615 bits per heavy atom. The Morgan fingerprint density at radius 3 is 1.38 bits per heavy atom. The maximum absolute atomic E-state index is 2.63. The fourth-order valence-electron chi connectivity index (χ4n) is 4.17. The first-order valence-corrected chi connectivity index (χ1v) is 10.6. The Bertz CT molecular complexity index is 470. The van der Waals surface area contributed by atoms with E-state index in [4.69, 9.17) is 0 Å². The Hall–Kier alpha value is -0.940. The summed E-state index contributed by atoms with van der Waals surface area (Å²) in [5.74, 6) is 0. The lowest BCUT2D eigenvalue weighted by molar-refractivity contribution is 0.152. The predicted molar refractivity (Wildman–Crippen MR) is 111 cm³/mol. The van der Waals surface area contributed by atoms with E-state index in [9.17, 15) is 0 Å². The second-order valence-corrected chi connectivity index (χ2v) is 8.27. The van der Waals surface area contributed by atoms with Crippen molar-refractivity contribution in [1.29, 1.82) is 0 Å². The maximum atomic E-state index is 2.63. The molecule has 0 saturated carbocycles. The van der Waals surface area contributed by atoms with Gasteiger partial charge < -0.3 is 19.6 Å². The van der Waals surface area contributed by atoms with Crippen molar-refractivity contribution < 1.29 is 0 Å². The largest absolute Gasteiger partial charge is 0.304 e. The van der Waals surface area contributed by atoms with Gasteiger partial charge in [-0.25, -0.2) is 0 Å². The third-order valence-electron chi connectivity index (χ3n) is 6.15. The summed E-state index contributed by atoms with van der Waals surface area (Å²) in [5, 5.41) is 0. The van der Waals surface area contributed by atoms with E-state index in [2.05, 4.69) is 58.0 Å². The van der Waals surface area contributed by atoms with Crippen LogP contribution in [0.2, 0.25) is 0 Å². The summed E-state index contributed by atoms with van der Waals surface area (Å²) in [4.78, 5) is 10.1. The van der Waals surface area contributed by atoms with Crippen LogP contribution < -0.4 is 0 Å². The Labute approximate surface area is 160 Å². The first-order valence-electron chi connectivity index (χ1n) is 10.6. The molecule has 146 valence electrons. The molecule has 0 N–H and O–H groups in total. The summed E-state index contributed by atoms with van der Waals surface area (Å²) in [6.07, 6.45) is 5.05. The van der Waals surface area contributed by atoms with Crippen molar-refractivity contribution in [1.82, 2.24) is 19.6 Å². The standard InChI is InChI=1S/C22H38N4/c1-23-13-17-25(18-14-23)11-5-9-21-7-3-4-8-22(21)10-6-12-26-19-15-24(2)16-20-26/h3-4,7-8H,5-6,9-20H2,1-2H3. The molecule has 1 aromatic carbocycles. The lowest BCUT2D eigenvalue weighted by Crippen LogP contribution is -2.44. The number of hydrogen-bond donors (Lipinski definition) is 0. The second-order valence-electron chi connectivity index (χ2n) is 8.27. The SMILES string of the molecule is CN1CCN(CCCc2ccccc2CCCN2CCN(C)CC2)CC1. The van der Waals surface area contributed by atoms with Crippen LogP contribution in [0.1, 0.15) is 24.0 Å². The quantitative estimate of drug-likeness (QED) is 0.705. The molecule has 0 atom stereocenters. The summed E-state index contributed by atoms with van der Waals surface area (Å²) < 4.78 is 0. The predicted octanol–water partition coefficient (Wildman–Crippen LogP) is 2.05. The zero-order valence-electron chi connectivity index (χ0n) is 17.0. The lowest BCUT2D eigenvalue weighted by Gasteiger charge is -2.32. The molecular weight excluding hydrogens is 320 g/mol. The molecule has 0 amide bonds. The third-order valence-corrected chi connectivity index (χ3v) is 6.15. The van der Waals surface area contributed by atoms with E-state index in [0.29, 0.717) is 0 Å². The highest BCUT2D eigenvalue weighted by Crippen LogP contribution is 2.15. The van der Waals surface area contributed by atoms with E-state index in [1.165, 1.54) is 91.1 Å². The fourth-order valence-corrected chi connectivity index (χ4v) is 4.17. The van der Waals surface area contributed by atoms with E-state index in [0.717, 1.165) is 0 Å². The highest BCUT2D eigenvalue weighted by Gasteiger charge is 2.14. The molecule has 0 radical (unpaired) electrons. The zero-order chi connectivity index (χ0) is 18.2. The molecule has 2 fully saturated rings. The van der Waals surface area contributed by atoms with Gasteiger partial charge in [0, 0.05) is 52.4 Å². The van der Waals surface area contributed by atoms with Crippen LogP contribution in [0.25, 0.3) is 0 Å². The molecule has 2 saturated heterocycles. The first kappa shape index (κ1) is 19.8. The number of rotatable bonds is 8. The number of hydrogen-bond acceptors (Lipinski definition) is 4. The number of aryl methyl sites for hydroxylation is 2. The lowest BCUT2D eigenvalue weighted by atomic mass is 9.99. The van der Waals surface area contributed by atoms with Crippen molar-refractivity contribution in [3.8, 4) is 0 Å². The van der Waals surface area contributed by atoms with Crippen LogP contribution >= 0.6 is 0 Å². The van der Waals surface area contributed by atoms with Crippen LogP contribution in [0.4, 0.5) is 0 Å². The first-order chi connectivity index (χ1) is 12.7. The number of benzene rings is 1. The number of likely N-dealkylation sites (N-methyl/N-ethyl adjacent to an activating group) is 2. The van der Waals surface area contributed by atoms with Crippen LogP contribution in [0.15, 0.2) is 24.3 Å². The average molecular weight is 359 g/mol. The van der Waals surface area contributed by atoms with Gasteiger partial charge in [0.2, 0.25) is 0 Å². The van der Waals surface area contributed by atoms with E-state index in [1.807, 2.05) is 0 Å². The van der Waals surface area contributed by atoms with E-state index in [-0.39, 0.29) is 0 Å². The molecule has 2 aliphatic heterocycles. The molecule has 0 aromatic heterocycles. The molecule has 4 nitrogen and oxygen atoms in total. The minimum atomic E-state index is 1.23. The van der Waals surface area contributed by atoms with Gasteiger partial charge in [0.15, 0.2) is 0 Å². The van der Waals surface area contributed by atoms with Crippen LogP contribution in [0.3, 0.4) is 0 Å². The Kier molecular flexibility index (Phi) is 7.93. The maximum Gasteiger partial charge on any atom is 0.0110 e. The Balaban J connectivity index is 1.38. The average Bonchev–Trinajstić information content (AvgIpc) is 2.66. The van der Waals surface area contributed by atoms with Gasteiger partial charge in [-0.15, -0.1) is 0 Å². The normalized spacial score (nSPS) is 21.3. The van der Waals surface area contributed by atoms with Crippen LogP contribution in [-0.4, -0.2) is 99.1 Å². The minimum absolute atomic E-state index is 1.23. The molecule has 4 heteroatoms. The summed E-state index contributed by atoms with van der Waals surface area (Å²) in [6, 6.07) is 9.15. The molecule has 0 aliphatic carbocycles. The van der Waals surface area contributed by atoms with Crippen molar-refractivity contribution in [2.24, 2.45) is 0 Å². The van der Waals surface area contributed by atoms with Gasteiger partial charge in [-0.2, -0.15) is 0 Å². The van der Waals surface area contributed by atoms with Gasteiger partial charge >= 0.3 is 0 Å². The van der Waals surface area contributed by atoms with Crippen molar-refractivity contribution in [2.45, 2.75) is 25.7 Å². The van der Waals surface area contributed by atoms with E-state index in [1.54, 1.807) is 11.1 Å². The smallest absolute Gasteiger partial charge is 0.0110 e. The molecule has 0 bridgehead atoms. The van der Waals surface area contributed by atoms with Crippen molar-refractivity contribution in [3.63, 3.8) is 0 Å². The third kappa shape index (κ3) is 6.34. The summed E-state index contributed by atoms with van der Waals surface area (Å²) in [7, 11) is 4.46. The highest BCUT2D eigenvalue weighted by molar-refractivity contribution is 5.27. The zero-order valence-corrected chi connectivity index (χ0v) is 17.0. The highest BCUT2D eigenvalue weighted by atomic mass is 15.2. The Morgan fingerprint density at radius 2 is 1.00 bits per heavy atom. The van der Waals surface area contributed by atoms with Crippen molar-refractivity contribution >= 4 is 0 Å². The topological polar surface area (TPSA) is 13.0 Å². The van der Waals surface area contributed by atoms with Crippen LogP contribution in [0, 0.1) is 0 Å². The van der Waals surface area contributed by atoms with Crippen LogP contribution in [-0.2, 0) is 12.8 Å². The number of nitrogens with zero attached hydrogens (tertiary/aromatic N) is 4. The molecule has 26 heavy (non-hydrogen) atoms. The van der Waals surface area contributed by atoms with Crippen molar-refractivity contribution in [2.75, 3.05) is 79.5 Å². The molecular formula is C22H38N4. The summed E-state index contributed by atoms with van der Waals surface area (Å²) in [6.45, 7) is 12.4. The molecule has 3 rings (SSSR count). The second kappa shape index (κ2) is 10.4. The van der Waals surface area contributed by atoms with Gasteiger partial charge in [-0.3, -0.25) is 0 Å². The van der Waals surface area contributed by atoms with Crippen molar-refractivity contribution in [3.05, 3.63) is 35.4 Å². The van der Waals surface area contributed by atoms with Gasteiger partial charge in [0.1, 0.15) is 0 Å². The molecule has 2 aliphatic rings. The molecule has 0 spiro atoms. The van der Waals surface area contributed by atoms with Gasteiger partial charge in [0.05, 0.1) is 0 Å². The van der Waals surface area contributed by atoms with Crippen LogP contribution in [0.5, 0.6) is 0 Å². The minimum Gasteiger partial charge on any atom is -0.304 e. The number of piperazine rings is 2. The van der Waals surface area contributed by atoms with E-state index < -0.39 is 0 Å². The van der Waals surface area contributed by atoms with E-state index >= 15 is 0 Å².